The molecular formula is C19H23ClN2O3. The van der Waals surface area contributed by atoms with Gasteiger partial charge in [-0.3, -0.25) is 4.90 Å². The second-order valence-corrected chi connectivity index (χ2v) is 6.25. The highest BCUT2D eigenvalue weighted by molar-refractivity contribution is 6.30. The standard InChI is InChI=1S/C19H23ClN2O3/c1-14(2)21-19(23)22(3)16-7-9-17(10-8-16)24-11-12-25-18-6-4-5-15(20)13-18/h4-10,13-14H,11-12H2,1-3H3,(H,21,23). The van der Waals surface area contributed by atoms with Crippen LogP contribution < -0.4 is 19.7 Å². The van der Waals surface area contributed by atoms with Crippen molar-refractivity contribution in [3.05, 3.63) is 53.6 Å². The molecule has 0 fully saturated rings. The van der Waals surface area contributed by atoms with E-state index in [1.165, 1.54) is 0 Å². The molecule has 0 saturated heterocycles. The average molecular weight is 363 g/mol. The van der Waals surface area contributed by atoms with E-state index in [2.05, 4.69) is 5.32 Å². The number of carbonyl (C=O) groups excluding carboxylic acids is 1. The summed E-state index contributed by atoms with van der Waals surface area (Å²) in [6.07, 6.45) is 0. The molecule has 0 saturated carbocycles. The summed E-state index contributed by atoms with van der Waals surface area (Å²) in [6, 6.07) is 14.5. The maximum absolute atomic E-state index is 12.0. The van der Waals surface area contributed by atoms with Crippen LogP contribution in [0.4, 0.5) is 10.5 Å². The van der Waals surface area contributed by atoms with E-state index in [0.717, 1.165) is 11.4 Å². The van der Waals surface area contributed by atoms with Crippen LogP contribution in [0, 0.1) is 0 Å². The molecule has 5 nitrogen and oxygen atoms in total. The molecule has 134 valence electrons. The van der Waals surface area contributed by atoms with Crippen LogP contribution in [0.3, 0.4) is 0 Å². The lowest BCUT2D eigenvalue weighted by molar-refractivity contribution is 0.217. The van der Waals surface area contributed by atoms with E-state index in [0.29, 0.717) is 24.0 Å². The first-order valence-electron chi connectivity index (χ1n) is 8.11. The Balaban J connectivity index is 1.79. The normalized spacial score (nSPS) is 10.4. The van der Waals surface area contributed by atoms with Gasteiger partial charge in [-0.1, -0.05) is 17.7 Å². The van der Waals surface area contributed by atoms with Gasteiger partial charge in [0.15, 0.2) is 0 Å². The molecular weight excluding hydrogens is 340 g/mol. The Morgan fingerprint density at radius 3 is 2.32 bits per heavy atom. The third-order valence-electron chi connectivity index (χ3n) is 3.36. The van der Waals surface area contributed by atoms with E-state index in [4.69, 9.17) is 21.1 Å². The molecule has 0 atom stereocenters. The Labute approximate surface area is 153 Å². The Morgan fingerprint density at radius 2 is 1.72 bits per heavy atom. The quantitative estimate of drug-likeness (QED) is 0.745. The third kappa shape index (κ3) is 6.19. The number of nitrogens with one attached hydrogen (secondary N) is 1. The molecule has 0 bridgehead atoms. The van der Waals surface area contributed by atoms with Gasteiger partial charge in [0, 0.05) is 23.8 Å². The van der Waals surface area contributed by atoms with Crippen molar-refractivity contribution in [2.24, 2.45) is 0 Å². The van der Waals surface area contributed by atoms with Crippen molar-refractivity contribution in [3.8, 4) is 11.5 Å². The number of urea groups is 1. The molecule has 0 heterocycles. The molecule has 0 aliphatic rings. The Morgan fingerprint density at radius 1 is 1.08 bits per heavy atom. The van der Waals surface area contributed by atoms with Gasteiger partial charge in [-0.15, -0.1) is 0 Å². The fraction of sp³-hybridized carbons (Fsp3) is 0.316. The number of amides is 2. The molecule has 0 spiro atoms. The summed E-state index contributed by atoms with van der Waals surface area (Å²) >= 11 is 5.90. The van der Waals surface area contributed by atoms with E-state index < -0.39 is 0 Å². The van der Waals surface area contributed by atoms with Gasteiger partial charge in [-0.25, -0.2) is 4.79 Å². The molecule has 2 rings (SSSR count). The number of benzene rings is 2. The highest BCUT2D eigenvalue weighted by Gasteiger charge is 2.11. The molecule has 25 heavy (non-hydrogen) atoms. The highest BCUT2D eigenvalue weighted by atomic mass is 35.5. The van der Waals surface area contributed by atoms with Crippen LogP contribution in [0.2, 0.25) is 5.02 Å². The minimum absolute atomic E-state index is 0.0945. The summed E-state index contributed by atoms with van der Waals surface area (Å²) in [5.41, 5.74) is 0.792. The van der Waals surface area contributed by atoms with Crippen molar-refractivity contribution in [3.63, 3.8) is 0 Å². The monoisotopic (exact) mass is 362 g/mol. The van der Waals surface area contributed by atoms with Crippen molar-refractivity contribution in [1.29, 1.82) is 0 Å². The summed E-state index contributed by atoms with van der Waals surface area (Å²) in [7, 11) is 1.73. The van der Waals surface area contributed by atoms with Gasteiger partial charge in [0.05, 0.1) is 0 Å². The van der Waals surface area contributed by atoms with Gasteiger partial charge in [-0.2, -0.15) is 0 Å². The Kier molecular flexibility index (Phi) is 6.95. The first-order valence-corrected chi connectivity index (χ1v) is 8.49. The molecule has 2 aromatic carbocycles. The predicted molar refractivity (Wildman–Crippen MR) is 101 cm³/mol. The number of halogens is 1. The van der Waals surface area contributed by atoms with Crippen molar-refractivity contribution in [2.75, 3.05) is 25.2 Å². The van der Waals surface area contributed by atoms with E-state index in [1.54, 1.807) is 24.1 Å². The summed E-state index contributed by atoms with van der Waals surface area (Å²) < 4.78 is 11.2. The van der Waals surface area contributed by atoms with Crippen LogP contribution in [-0.4, -0.2) is 32.3 Å². The van der Waals surface area contributed by atoms with Gasteiger partial charge in [0.2, 0.25) is 0 Å². The van der Waals surface area contributed by atoms with Crippen LogP contribution in [0.25, 0.3) is 0 Å². The number of hydrogen-bond donors (Lipinski definition) is 1. The highest BCUT2D eigenvalue weighted by Crippen LogP contribution is 2.19. The van der Waals surface area contributed by atoms with Crippen molar-refractivity contribution < 1.29 is 14.3 Å². The first-order chi connectivity index (χ1) is 12.0. The topological polar surface area (TPSA) is 50.8 Å². The van der Waals surface area contributed by atoms with Crippen LogP contribution in [-0.2, 0) is 0 Å². The predicted octanol–water partition coefficient (Wildman–Crippen LogP) is 4.35. The van der Waals surface area contributed by atoms with Crippen molar-refractivity contribution >= 4 is 23.3 Å². The molecule has 6 heteroatoms. The van der Waals surface area contributed by atoms with Gasteiger partial charge in [-0.05, 0) is 56.3 Å². The smallest absolute Gasteiger partial charge is 0.321 e. The Bertz CT molecular complexity index is 689. The van der Waals surface area contributed by atoms with Crippen LogP contribution in [0.1, 0.15) is 13.8 Å². The van der Waals surface area contributed by atoms with E-state index in [1.807, 2.05) is 50.2 Å². The number of ether oxygens (including phenoxy) is 2. The number of nitrogens with zero attached hydrogens (tertiary/aromatic N) is 1. The largest absolute Gasteiger partial charge is 0.490 e. The molecule has 0 unspecified atom stereocenters. The molecule has 1 N–H and O–H groups in total. The van der Waals surface area contributed by atoms with E-state index in [-0.39, 0.29) is 12.1 Å². The molecule has 2 amide bonds. The number of carbonyl (C=O) groups is 1. The summed E-state index contributed by atoms with van der Waals surface area (Å²) in [5, 5.41) is 3.49. The zero-order valence-corrected chi connectivity index (χ0v) is 15.4. The fourth-order valence-electron chi connectivity index (χ4n) is 2.10. The molecule has 2 aromatic rings. The SMILES string of the molecule is CC(C)NC(=O)N(C)c1ccc(OCCOc2cccc(Cl)c2)cc1. The number of anilines is 1. The van der Waals surface area contributed by atoms with Crippen LogP contribution in [0.5, 0.6) is 11.5 Å². The summed E-state index contributed by atoms with van der Waals surface area (Å²) in [5.74, 6) is 1.43. The van der Waals surface area contributed by atoms with Gasteiger partial charge in [0.1, 0.15) is 24.7 Å². The second kappa shape index (κ2) is 9.18. The van der Waals surface area contributed by atoms with Crippen LogP contribution >= 0.6 is 11.6 Å². The van der Waals surface area contributed by atoms with Gasteiger partial charge in [0.25, 0.3) is 0 Å². The fourth-order valence-corrected chi connectivity index (χ4v) is 2.28. The molecule has 0 aliphatic heterocycles. The van der Waals surface area contributed by atoms with Crippen LogP contribution in [0.15, 0.2) is 48.5 Å². The lowest BCUT2D eigenvalue weighted by atomic mass is 10.3. The Hall–Kier alpha value is -2.40. The summed E-state index contributed by atoms with van der Waals surface area (Å²) in [6.45, 7) is 4.68. The number of hydrogen-bond acceptors (Lipinski definition) is 3. The molecule has 0 radical (unpaired) electrons. The zero-order chi connectivity index (χ0) is 18.2. The molecule has 0 aliphatic carbocycles. The second-order valence-electron chi connectivity index (χ2n) is 5.81. The lowest BCUT2D eigenvalue weighted by Gasteiger charge is -2.20. The average Bonchev–Trinajstić information content (AvgIpc) is 2.58. The third-order valence-corrected chi connectivity index (χ3v) is 3.59. The van der Waals surface area contributed by atoms with E-state index >= 15 is 0 Å². The maximum atomic E-state index is 12.0. The lowest BCUT2D eigenvalue weighted by Crippen LogP contribution is -2.40. The van der Waals surface area contributed by atoms with E-state index in [9.17, 15) is 4.79 Å². The first kappa shape index (κ1) is 18.9. The zero-order valence-electron chi connectivity index (χ0n) is 14.7. The minimum atomic E-state index is -0.140. The summed E-state index contributed by atoms with van der Waals surface area (Å²) in [4.78, 5) is 13.5. The molecule has 0 aromatic heterocycles. The van der Waals surface area contributed by atoms with Crippen molar-refractivity contribution in [1.82, 2.24) is 5.32 Å². The van der Waals surface area contributed by atoms with Gasteiger partial charge >= 0.3 is 6.03 Å². The van der Waals surface area contributed by atoms with Crippen molar-refractivity contribution in [2.45, 2.75) is 19.9 Å². The maximum Gasteiger partial charge on any atom is 0.321 e. The van der Waals surface area contributed by atoms with Gasteiger partial charge < -0.3 is 14.8 Å². The minimum Gasteiger partial charge on any atom is -0.490 e. The number of rotatable bonds is 7.